The van der Waals surface area contributed by atoms with Crippen LogP contribution in [0.3, 0.4) is 0 Å². The van der Waals surface area contributed by atoms with Crippen LogP contribution in [0.2, 0.25) is 0 Å². The predicted octanol–water partition coefficient (Wildman–Crippen LogP) is 1.19. The second-order valence-corrected chi connectivity index (χ2v) is 3.61. The smallest absolute Gasteiger partial charge is 0.216 e. The molecular formula is C9H12N4O. The molecule has 0 spiro atoms. The molecule has 0 unspecified atom stereocenters. The number of aromatic hydroxyl groups is 1. The van der Waals surface area contributed by atoms with Crippen LogP contribution in [0.4, 0.5) is 0 Å². The largest absolute Gasteiger partial charge is 0.493 e. The first-order valence-corrected chi connectivity index (χ1v) is 4.49. The molecule has 0 atom stereocenters. The third-order valence-electron chi connectivity index (χ3n) is 2.21. The number of nitrogens with zero attached hydrogens (tertiary/aromatic N) is 4. The van der Waals surface area contributed by atoms with Gasteiger partial charge in [0.15, 0.2) is 5.65 Å². The minimum atomic E-state index is 0.0675. The summed E-state index contributed by atoms with van der Waals surface area (Å²) in [5.74, 6) is 0.298. The molecule has 5 nitrogen and oxygen atoms in total. The number of hydrogen-bond donors (Lipinski definition) is 1. The molecule has 1 N–H and O–H groups in total. The summed E-state index contributed by atoms with van der Waals surface area (Å²) in [6.45, 7) is 4.00. The molecule has 0 aliphatic carbocycles. The molecule has 0 amide bonds. The summed E-state index contributed by atoms with van der Waals surface area (Å²) >= 11 is 0. The van der Waals surface area contributed by atoms with Gasteiger partial charge in [0, 0.05) is 12.6 Å². The van der Waals surface area contributed by atoms with Crippen molar-refractivity contribution in [2.45, 2.75) is 19.8 Å². The second-order valence-electron chi connectivity index (χ2n) is 3.61. The molecule has 0 fully saturated rings. The molecule has 0 saturated heterocycles. The SMILES string of the molecule is CC(C)c1cc2nnn(C)c2nc1O. The maximum atomic E-state index is 9.64. The van der Waals surface area contributed by atoms with Crippen molar-refractivity contribution in [3.63, 3.8) is 0 Å². The Morgan fingerprint density at radius 1 is 1.43 bits per heavy atom. The Hall–Kier alpha value is -1.65. The summed E-state index contributed by atoms with van der Waals surface area (Å²) < 4.78 is 1.54. The van der Waals surface area contributed by atoms with Gasteiger partial charge in [0.25, 0.3) is 0 Å². The Bertz CT molecular complexity index is 475. The summed E-state index contributed by atoms with van der Waals surface area (Å²) in [6, 6.07) is 1.83. The average Bonchev–Trinajstić information content (AvgIpc) is 2.46. The number of hydrogen-bond acceptors (Lipinski definition) is 4. The number of aromatic nitrogens is 4. The molecule has 2 rings (SSSR count). The zero-order valence-corrected chi connectivity index (χ0v) is 8.39. The summed E-state index contributed by atoms with van der Waals surface area (Å²) in [4.78, 5) is 4.05. The van der Waals surface area contributed by atoms with E-state index in [0.29, 0.717) is 11.2 Å². The lowest BCUT2D eigenvalue weighted by molar-refractivity contribution is 0.444. The predicted molar refractivity (Wildman–Crippen MR) is 52.1 cm³/mol. The summed E-state index contributed by atoms with van der Waals surface area (Å²) in [5.41, 5.74) is 2.12. The van der Waals surface area contributed by atoms with Gasteiger partial charge in [-0.25, -0.2) is 4.68 Å². The number of aryl methyl sites for hydroxylation is 1. The Morgan fingerprint density at radius 2 is 2.14 bits per heavy atom. The molecule has 2 aromatic rings. The molecule has 0 aliphatic rings. The van der Waals surface area contributed by atoms with Gasteiger partial charge in [-0.2, -0.15) is 4.98 Å². The maximum absolute atomic E-state index is 9.64. The van der Waals surface area contributed by atoms with Crippen LogP contribution in [0.5, 0.6) is 5.88 Å². The van der Waals surface area contributed by atoms with Crippen molar-refractivity contribution in [2.24, 2.45) is 7.05 Å². The van der Waals surface area contributed by atoms with E-state index >= 15 is 0 Å². The van der Waals surface area contributed by atoms with E-state index in [0.717, 1.165) is 5.56 Å². The lowest BCUT2D eigenvalue weighted by atomic mass is 10.1. The van der Waals surface area contributed by atoms with Gasteiger partial charge in [0.2, 0.25) is 5.88 Å². The third-order valence-corrected chi connectivity index (χ3v) is 2.21. The first-order chi connectivity index (χ1) is 6.59. The van der Waals surface area contributed by atoms with E-state index in [4.69, 9.17) is 0 Å². The Kier molecular flexibility index (Phi) is 1.87. The molecule has 0 aromatic carbocycles. The van der Waals surface area contributed by atoms with Crippen LogP contribution in [0.25, 0.3) is 11.2 Å². The maximum Gasteiger partial charge on any atom is 0.216 e. The molecule has 14 heavy (non-hydrogen) atoms. The van der Waals surface area contributed by atoms with E-state index < -0.39 is 0 Å². The molecule has 0 aliphatic heterocycles. The van der Waals surface area contributed by atoms with Gasteiger partial charge in [0.05, 0.1) is 0 Å². The fourth-order valence-electron chi connectivity index (χ4n) is 1.39. The van der Waals surface area contributed by atoms with Crippen LogP contribution in [0.1, 0.15) is 25.3 Å². The standard InChI is InChI=1S/C9H12N4O/c1-5(2)6-4-7-8(10-9(6)14)13(3)12-11-7/h4-5H,1-3H3,(H,10,14). The molecule has 74 valence electrons. The molecular weight excluding hydrogens is 180 g/mol. The van der Waals surface area contributed by atoms with Gasteiger partial charge in [-0.1, -0.05) is 19.1 Å². The normalized spacial score (nSPS) is 11.4. The Balaban J connectivity index is 2.72. The summed E-state index contributed by atoms with van der Waals surface area (Å²) in [7, 11) is 1.75. The van der Waals surface area contributed by atoms with Crippen molar-refractivity contribution in [2.75, 3.05) is 0 Å². The van der Waals surface area contributed by atoms with Crippen molar-refractivity contribution in [3.8, 4) is 5.88 Å². The van der Waals surface area contributed by atoms with Crippen LogP contribution in [-0.2, 0) is 7.05 Å². The Morgan fingerprint density at radius 3 is 2.79 bits per heavy atom. The van der Waals surface area contributed by atoms with E-state index in [1.165, 1.54) is 0 Å². The summed E-state index contributed by atoms with van der Waals surface area (Å²) in [5, 5.41) is 17.4. The highest BCUT2D eigenvalue weighted by molar-refractivity contribution is 5.71. The molecule has 0 saturated carbocycles. The monoisotopic (exact) mass is 192 g/mol. The van der Waals surface area contributed by atoms with E-state index in [9.17, 15) is 5.11 Å². The third kappa shape index (κ3) is 1.21. The minimum absolute atomic E-state index is 0.0675. The number of fused-ring (bicyclic) bond motifs is 1. The van der Waals surface area contributed by atoms with Crippen LogP contribution in [0, 0.1) is 0 Å². The molecule has 5 heteroatoms. The van der Waals surface area contributed by atoms with Gasteiger partial charge >= 0.3 is 0 Å². The van der Waals surface area contributed by atoms with E-state index in [-0.39, 0.29) is 11.8 Å². The van der Waals surface area contributed by atoms with Crippen molar-refractivity contribution in [1.29, 1.82) is 0 Å². The van der Waals surface area contributed by atoms with Crippen LogP contribution in [0.15, 0.2) is 6.07 Å². The van der Waals surface area contributed by atoms with E-state index in [2.05, 4.69) is 15.3 Å². The zero-order valence-electron chi connectivity index (χ0n) is 8.39. The van der Waals surface area contributed by atoms with Crippen LogP contribution < -0.4 is 0 Å². The first-order valence-electron chi connectivity index (χ1n) is 4.49. The van der Waals surface area contributed by atoms with Crippen molar-refractivity contribution < 1.29 is 5.11 Å². The molecule has 2 heterocycles. The number of pyridine rings is 1. The molecule has 0 radical (unpaired) electrons. The zero-order chi connectivity index (χ0) is 10.3. The van der Waals surface area contributed by atoms with Crippen molar-refractivity contribution in [3.05, 3.63) is 11.6 Å². The quantitative estimate of drug-likeness (QED) is 0.737. The van der Waals surface area contributed by atoms with E-state index in [1.54, 1.807) is 11.7 Å². The van der Waals surface area contributed by atoms with Gasteiger partial charge in [-0.3, -0.25) is 0 Å². The lowest BCUT2D eigenvalue weighted by Crippen LogP contribution is -1.95. The first kappa shape index (κ1) is 8.93. The average molecular weight is 192 g/mol. The van der Waals surface area contributed by atoms with Crippen LogP contribution in [-0.4, -0.2) is 25.1 Å². The highest BCUT2D eigenvalue weighted by atomic mass is 16.3. The lowest BCUT2D eigenvalue weighted by Gasteiger charge is -2.06. The van der Waals surface area contributed by atoms with Gasteiger partial charge in [-0.05, 0) is 12.0 Å². The second kappa shape index (κ2) is 2.94. The molecule has 2 aromatic heterocycles. The van der Waals surface area contributed by atoms with Crippen molar-refractivity contribution >= 4 is 11.2 Å². The highest BCUT2D eigenvalue weighted by Gasteiger charge is 2.12. The Labute approximate surface area is 81.4 Å². The fourth-order valence-corrected chi connectivity index (χ4v) is 1.39. The van der Waals surface area contributed by atoms with E-state index in [1.807, 2.05) is 19.9 Å². The topological polar surface area (TPSA) is 63.8 Å². The fraction of sp³-hybridized carbons (Fsp3) is 0.444. The minimum Gasteiger partial charge on any atom is -0.493 e. The van der Waals surface area contributed by atoms with Gasteiger partial charge in [0.1, 0.15) is 5.52 Å². The van der Waals surface area contributed by atoms with Crippen LogP contribution >= 0.6 is 0 Å². The summed E-state index contributed by atoms with van der Waals surface area (Å²) in [6.07, 6.45) is 0. The van der Waals surface area contributed by atoms with Gasteiger partial charge in [-0.15, -0.1) is 5.10 Å². The van der Waals surface area contributed by atoms with Gasteiger partial charge < -0.3 is 5.11 Å². The van der Waals surface area contributed by atoms with Crippen molar-refractivity contribution in [1.82, 2.24) is 20.0 Å². The number of rotatable bonds is 1. The molecule has 0 bridgehead atoms. The highest BCUT2D eigenvalue weighted by Crippen LogP contribution is 2.25.